The van der Waals surface area contributed by atoms with Crippen molar-refractivity contribution in [2.24, 2.45) is 0 Å². The molecule has 0 aliphatic heterocycles. The van der Waals surface area contributed by atoms with Crippen LogP contribution in [-0.2, 0) is 13.1 Å². The molecule has 1 heterocycles. The highest BCUT2D eigenvalue weighted by Gasteiger charge is 2.10. The number of carboxylic acids is 1. The van der Waals surface area contributed by atoms with E-state index in [4.69, 9.17) is 5.11 Å². The molecule has 1 N–H and O–H groups in total. The summed E-state index contributed by atoms with van der Waals surface area (Å²) in [6.07, 6.45) is 0. The largest absolute Gasteiger partial charge is 0.478 e. The Bertz CT molecular complexity index is 569. The van der Waals surface area contributed by atoms with Crippen LogP contribution in [0.25, 0.3) is 0 Å². The quantitative estimate of drug-likeness (QED) is 0.913. The molecule has 5 heteroatoms. The molecule has 19 heavy (non-hydrogen) atoms. The second-order valence-electron chi connectivity index (χ2n) is 4.42. The van der Waals surface area contributed by atoms with E-state index in [1.54, 1.807) is 11.3 Å². The average molecular weight is 279 g/mol. The molecule has 0 unspecified atom stereocenters. The van der Waals surface area contributed by atoms with Gasteiger partial charge in [0.2, 0.25) is 0 Å². The first-order valence-corrected chi connectivity index (χ1v) is 6.72. The Morgan fingerprint density at radius 2 is 2.16 bits per heavy atom. The highest BCUT2D eigenvalue weighted by atomic mass is 32.1. The van der Waals surface area contributed by atoms with Gasteiger partial charge in [-0.3, -0.25) is 4.90 Å². The van der Waals surface area contributed by atoms with Gasteiger partial charge in [0.1, 0.15) is 5.82 Å². The highest BCUT2D eigenvalue weighted by Crippen LogP contribution is 2.15. The predicted octanol–water partition coefficient (Wildman–Crippen LogP) is 3.22. The van der Waals surface area contributed by atoms with Gasteiger partial charge in [0.25, 0.3) is 0 Å². The summed E-state index contributed by atoms with van der Waals surface area (Å²) in [5.74, 6) is -1.59. The number of rotatable bonds is 5. The molecule has 0 bridgehead atoms. The molecule has 0 radical (unpaired) electrons. The minimum Gasteiger partial charge on any atom is -0.478 e. The van der Waals surface area contributed by atoms with Gasteiger partial charge in [-0.15, -0.1) is 0 Å². The second kappa shape index (κ2) is 5.95. The first kappa shape index (κ1) is 13.7. The molecule has 1 aromatic carbocycles. The number of carboxylic acid groups (broad SMARTS) is 1. The zero-order chi connectivity index (χ0) is 13.8. The van der Waals surface area contributed by atoms with Crippen LogP contribution in [0.3, 0.4) is 0 Å². The standard InChI is InChI=1S/C14H14FNO2S/c1-16(7-10-4-5-19-9-10)8-12-3-2-11(14(17)18)6-13(12)15/h2-6,9H,7-8H2,1H3,(H,17,18). The molecule has 0 saturated heterocycles. The Morgan fingerprint density at radius 1 is 1.37 bits per heavy atom. The van der Waals surface area contributed by atoms with E-state index in [1.807, 2.05) is 23.4 Å². The number of aromatic carboxylic acids is 1. The molecule has 2 aromatic rings. The first-order valence-electron chi connectivity index (χ1n) is 5.77. The minimum absolute atomic E-state index is 0.0262. The lowest BCUT2D eigenvalue weighted by Gasteiger charge is -2.16. The molecule has 0 spiro atoms. The summed E-state index contributed by atoms with van der Waals surface area (Å²) in [6, 6.07) is 6.06. The molecule has 0 saturated carbocycles. The summed E-state index contributed by atoms with van der Waals surface area (Å²) in [4.78, 5) is 12.7. The summed E-state index contributed by atoms with van der Waals surface area (Å²) in [5.41, 5.74) is 1.67. The summed E-state index contributed by atoms with van der Waals surface area (Å²) in [7, 11) is 1.90. The van der Waals surface area contributed by atoms with Gasteiger partial charge in [0.05, 0.1) is 5.56 Å². The Hall–Kier alpha value is -1.72. The molecule has 1 aromatic heterocycles. The van der Waals surface area contributed by atoms with Gasteiger partial charge in [-0.05, 0) is 41.6 Å². The van der Waals surface area contributed by atoms with Gasteiger partial charge in [0, 0.05) is 18.7 Å². The molecule has 3 nitrogen and oxygen atoms in total. The zero-order valence-electron chi connectivity index (χ0n) is 10.5. The molecular weight excluding hydrogens is 265 g/mol. The van der Waals surface area contributed by atoms with Crippen LogP contribution in [-0.4, -0.2) is 23.0 Å². The number of halogens is 1. The maximum atomic E-state index is 13.8. The summed E-state index contributed by atoms with van der Waals surface area (Å²) < 4.78 is 13.8. The lowest BCUT2D eigenvalue weighted by atomic mass is 10.1. The van der Waals surface area contributed by atoms with Crippen LogP contribution in [0.1, 0.15) is 21.5 Å². The SMILES string of the molecule is CN(Cc1ccsc1)Cc1ccc(C(=O)O)cc1F. The summed E-state index contributed by atoms with van der Waals surface area (Å²) >= 11 is 1.63. The lowest BCUT2D eigenvalue weighted by Crippen LogP contribution is -2.17. The molecule has 100 valence electrons. The van der Waals surface area contributed by atoms with Crippen molar-refractivity contribution in [2.45, 2.75) is 13.1 Å². The number of hydrogen-bond acceptors (Lipinski definition) is 3. The number of nitrogens with zero attached hydrogens (tertiary/aromatic N) is 1. The van der Waals surface area contributed by atoms with Crippen molar-refractivity contribution >= 4 is 17.3 Å². The van der Waals surface area contributed by atoms with Gasteiger partial charge in [-0.1, -0.05) is 6.07 Å². The molecular formula is C14H14FNO2S. The van der Waals surface area contributed by atoms with Crippen molar-refractivity contribution < 1.29 is 14.3 Å². The number of hydrogen-bond donors (Lipinski definition) is 1. The third-order valence-electron chi connectivity index (χ3n) is 2.77. The molecule has 0 atom stereocenters. The Labute approximate surface area is 114 Å². The third-order valence-corrected chi connectivity index (χ3v) is 3.50. The second-order valence-corrected chi connectivity index (χ2v) is 5.20. The fourth-order valence-corrected chi connectivity index (χ4v) is 2.51. The van der Waals surface area contributed by atoms with Crippen LogP contribution >= 0.6 is 11.3 Å². The van der Waals surface area contributed by atoms with Crippen LogP contribution < -0.4 is 0 Å². The zero-order valence-corrected chi connectivity index (χ0v) is 11.3. The number of carbonyl (C=O) groups is 1. The van der Waals surface area contributed by atoms with Gasteiger partial charge >= 0.3 is 5.97 Å². The Balaban J connectivity index is 2.04. The van der Waals surface area contributed by atoms with Crippen LogP contribution in [0.15, 0.2) is 35.0 Å². The van der Waals surface area contributed by atoms with Gasteiger partial charge in [0.15, 0.2) is 0 Å². The fraction of sp³-hybridized carbons (Fsp3) is 0.214. The normalized spacial score (nSPS) is 10.9. The van der Waals surface area contributed by atoms with Crippen LogP contribution in [0.5, 0.6) is 0 Å². The van der Waals surface area contributed by atoms with E-state index in [9.17, 15) is 9.18 Å². The van der Waals surface area contributed by atoms with E-state index in [-0.39, 0.29) is 5.56 Å². The lowest BCUT2D eigenvalue weighted by molar-refractivity contribution is 0.0696. The smallest absolute Gasteiger partial charge is 0.335 e. The maximum Gasteiger partial charge on any atom is 0.335 e. The molecule has 0 fully saturated rings. The van der Waals surface area contributed by atoms with Crippen LogP contribution in [0.4, 0.5) is 4.39 Å². The summed E-state index contributed by atoms with van der Waals surface area (Å²) in [6.45, 7) is 1.19. The van der Waals surface area contributed by atoms with Crippen molar-refractivity contribution in [3.63, 3.8) is 0 Å². The van der Waals surface area contributed by atoms with E-state index < -0.39 is 11.8 Å². The van der Waals surface area contributed by atoms with Crippen molar-refractivity contribution in [1.82, 2.24) is 4.90 Å². The van der Waals surface area contributed by atoms with E-state index in [0.717, 1.165) is 12.6 Å². The van der Waals surface area contributed by atoms with Crippen molar-refractivity contribution in [3.05, 3.63) is 57.5 Å². The number of benzene rings is 1. The fourth-order valence-electron chi connectivity index (χ4n) is 1.85. The van der Waals surface area contributed by atoms with Gasteiger partial charge in [-0.25, -0.2) is 9.18 Å². The van der Waals surface area contributed by atoms with E-state index in [0.29, 0.717) is 12.1 Å². The minimum atomic E-state index is -1.11. The summed E-state index contributed by atoms with van der Waals surface area (Å²) in [5, 5.41) is 12.8. The monoisotopic (exact) mass is 279 g/mol. The van der Waals surface area contributed by atoms with Crippen LogP contribution in [0, 0.1) is 5.82 Å². The molecule has 0 amide bonds. The topological polar surface area (TPSA) is 40.5 Å². The van der Waals surface area contributed by atoms with Crippen LogP contribution in [0.2, 0.25) is 0 Å². The van der Waals surface area contributed by atoms with Gasteiger partial charge in [-0.2, -0.15) is 11.3 Å². The highest BCUT2D eigenvalue weighted by molar-refractivity contribution is 7.07. The predicted molar refractivity (Wildman–Crippen MR) is 72.8 cm³/mol. The molecule has 0 aliphatic rings. The Morgan fingerprint density at radius 3 is 2.74 bits per heavy atom. The van der Waals surface area contributed by atoms with Crippen molar-refractivity contribution in [2.75, 3.05) is 7.05 Å². The van der Waals surface area contributed by atoms with E-state index in [1.165, 1.54) is 17.7 Å². The first-order chi connectivity index (χ1) is 9.06. The maximum absolute atomic E-state index is 13.8. The van der Waals surface area contributed by atoms with E-state index >= 15 is 0 Å². The molecule has 0 aliphatic carbocycles. The number of thiophene rings is 1. The molecule has 2 rings (SSSR count). The van der Waals surface area contributed by atoms with Crippen molar-refractivity contribution in [3.8, 4) is 0 Å². The Kier molecular flexibility index (Phi) is 4.29. The average Bonchev–Trinajstić information content (AvgIpc) is 2.84. The third kappa shape index (κ3) is 3.62. The van der Waals surface area contributed by atoms with Gasteiger partial charge < -0.3 is 5.11 Å². The van der Waals surface area contributed by atoms with E-state index in [2.05, 4.69) is 5.38 Å². The van der Waals surface area contributed by atoms with Crippen molar-refractivity contribution in [1.29, 1.82) is 0 Å².